The van der Waals surface area contributed by atoms with E-state index in [-0.39, 0.29) is 5.91 Å². The van der Waals surface area contributed by atoms with Gasteiger partial charge in [0.1, 0.15) is 0 Å². The van der Waals surface area contributed by atoms with Crippen LogP contribution >= 0.6 is 22.7 Å². The van der Waals surface area contributed by atoms with Crippen LogP contribution in [0.25, 0.3) is 10.6 Å². The number of hydrogen-bond donors (Lipinski definition) is 2. The number of carbonyl (C=O) groups excluding carboxylic acids is 1. The lowest BCUT2D eigenvalue weighted by molar-refractivity contribution is -0.120. The van der Waals surface area contributed by atoms with Gasteiger partial charge in [0, 0.05) is 11.4 Å². The molecule has 2 rings (SSSR count). The number of nitrogens with zero attached hydrogens (tertiary/aromatic N) is 1. The molecule has 0 radical (unpaired) electrons. The highest BCUT2D eigenvalue weighted by molar-refractivity contribution is 7.17. The number of hydrogen-bond acceptors (Lipinski definition) is 5. The molecule has 4 nitrogen and oxygen atoms in total. The molecular formula is C12H15N3OS2. The number of nitrogens with one attached hydrogen (secondary N) is 1. The van der Waals surface area contributed by atoms with Crippen LogP contribution in [0.4, 0.5) is 5.13 Å². The fourth-order valence-corrected chi connectivity index (χ4v) is 3.22. The molecule has 0 unspecified atom stereocenters. The molecule has 0 aromatic carbocycles. The summed E-state index contributed by atoms with van der Waals surface area (Å²) in [5.41, 5.74) is 6.59. The molecule has 0 aliphatic heterocycles. The molecule has 1 amide bonds. The summed E-state index contributed by atoms with van der Waals surface area (Å²) in [5, 5.41) is 5.37. The molecule has 6 heteroatoms. The second-order valence-electron chi connectivity index (χ2n) is 3.83. The fourth-order valence-electron chi connectivity index (χ4n) is 1.57. The van der Waals surface area contributed by atoms with E-state index < -0.39 is 0 Å². The van der Waals surface area contributed by atoms with Crippen molar-refractivity contribution in [1.29, 1.82) is 0 Å². The van der Waals surface area contributed by atoms with Crippen LogP contribution in [0.1, 0.15) is 18.2 Å². The summed E-state index contributed by atoms with van der Waals surface area (Å²) in [4.78, 5) is 18.0. The first kappa shape index (κ1) is 13.0. The number of thiazole rings is 1. The molecule has 3 N–H and O–H groups in total. The van der Waals surface area contributed by atoms with E-state index in [1.165, 1.54) is 11.3 Å². The van der Waals surface area contributed by atoms with Crippen LogP contribution in [0, 0.1) is 0 Å². The number of nitrogen functional groups attached to an aromatic ring is 1. The van der Waals surface area contributed by atoms with Gasteiger partial charge in [-0.25, -0.2) is 4.98 Å². The molecular weight excluding hydrogens is 266 g/mol. The number of nitrogens with two attached hydrogens (primary N) is 1. The third-order valence-corrected chi connectivity index (χ3v) is 4.12. The number of rotatable bonds is 5. The quantitative estimate of drug-likeness (QED) is 0.885. The molecule has 2 aromatic heterocycles. The third kappa shape index (κ3) is 3.08. The second kappa shape index (κ2) is 5.97. The van der Waals surface area contributed by atoms with Crippen molar-refractivity contribution in [3.8, 4) is 10.6 Å². The highest BCUT2D eigenvalue weighted by Gasteiger charge is 2.15. The Kier molecular flexibility index (Phi) is 4.33. The lowest BCUT2D eigenvalue weighted by atomic mass is 10.2. The fraction of sp³-hybridized carbons (Fsp3) is 0.333. The molecule has 0 saturated heterocycles. The van der Waals surface area contributed by atoms with Crippen LogP contribution in [0.3, 0.4) is 0 Å². The number of amides is 1. The molecule has 0 aliphatic rings. The molecule has 2 heterocycles. The SMILES string of the molecule is CCCNC(=O)Cc1sc(N)nc1-c1cccs1. The first-order valence-corrected chi connectivity index (χ1v) is 7.46. The van der Waals surface area contributed by atoms with Gasteiger partial charge >= 0.3 is 0 Å². The zero-order chi connectivity index (χ0) is 13.0. The Bertz CT molecular complexity index is 519. The summed E-state index contributed by atoms with van der Waals surface area (Å²) < 4.78 is 0. The van der Waals surface area contributed by atoms with Crippen LogP contribution < -0.4 is 11.1 Å². The summed E-state index contributed by atoms with van der Waals surface area (Å²) in [6, 6.07) is 3.96. The first-order chi connectivity index (χ1) is 8.70. The Morgan fingerprint density at radius 3 is 3.06 bits per heavy atom. The Hall–Kier alpha value is -1.40. The Labute approximate surface area is 114 Å². The van der Waals surface area contributed by atoms with Crippen LogP contribution in [-0.2, 0) is 11.2 Å². The van der Waals surface area contributed by atoms with Gasteiger partial charge in [0.2, 0.25) is 5.91 Å². The summed E-state index contributed by atoms with van der Waals surface area (Å²) in [6.07, 6.45) is 1.29. The lowest BCUT2D eigenvalue weighted by Crippen LogP contribution is -2.25. The Morgan fingerprint density at radius 1 is 1.56 bits per heavy atom. The van der Waals surface area contributed by atoms with Crippen molar-refractivity contribution in [2.75, 3.05) is 12.3 Å². The number of carbonyl (C=O) groups is 1. The normalized spacial score (nSPS) is 10.5. The monoisotopic (exact) mass is 281 g/mol. The van der Waals surface area contributed by atoms with Gasteiger partial charge in [0.25, 0.3) is 0 Å². The van der Waals surface area contributed by atoms with Crippen molar-refractivity contribution < 1.29 is 4.79 Å². The molecule has 2 aromatic rings. The van der Waals surface area contributed by atoms with Crippen molar-refractivity contribution in [2.24, 2.45) is 0 Å². The zero-order valence-electron chi connectivity index (χ0n) is 10.1. The number of thiophene rings is 1. The summed E-state index contributed by atoms with van der Waals surface area (Å²) in [7, 11) is 0. The molecule has 0 fully saturated rings. The molecule has 0 spiro atoms. The predicted molar refractivity (Wildman–Crippen MR) is 76.8 cm³/mol. The van der Waals surface area contributed by atoms with Crippen molar-refractivity contribution in [3.05, 3.63) is 22.4 Å². The van der Waals surface area contributed by atoms with Gasteiger partial charge in [-0.3, -0.25) is 4.79 Å². The van der Waals surface area contributed by atoms with E-state index in [2.05, 4.69) is 10.3 Å². The van der Waals surface area contributed by atoms with Crippen LogP contribution in [0.5, 0.6) is 0 Å². The van der Waals surface area contributed by atoms with E-state index in [0.717, 1.165) is 21.9 Å². The third-order valence-electron chi connectivity index (χ3n) is 2.36. The van der Waals surface area contributed by atoms with Gasteiger partial charge in [-0.15, -0.1) is 22.7 Å². The number of anilines is 1. The molecule has 0 bridgehead atoms. The minimum absolute atomic E-state index is 0.0262. The average Bonchev–Trinajstić information content (AvgIpc) is 2.95. The largest absolute Gasteiger partial charge is 0.375 e. The summed E-state index contributed by atoms with van der Waals surface area (Å²) in [6.45, 7) is 2.74. The topological polar surface area (TPSA) is 68.0 Å². The zero-order valence-corrected chi connectivity index (χ0v) is 11.7. The van der Waals surface area contributed by atoms with E-state index in [1.54, 1.807) is 11.3 Å². The smallest absolute Gasteiger partial charge is 0.225 e. The van der Waals surface area contributed by atoms with Gasteiger partial charge in [0.05, 0.1) is 17.0 Å². The number of aromatic nitrogens is 1. The van der Waals surface area contributed by atoms with Crippen molar-refractivity contribution >= 4 is 33.7 Å². The maximum atomic E-state index is 11.7. The minimum atomic E-state index is 0.0262. The van der Waals surface area contributed by atoms with Gasteiger partial charge < -0.3 is 11.1 Å². The van der Waals surface area contributed by atoms with Crippen molar-refractivity contribution in [1.82, 2.24) is 10.3 Å². The molecule has 18 heavy (non-hydrogen) atoms. The maximum absolute atomic E-state index is 11.7. The van der Waals surface area contributed by atoms with Gasteiger partial charge in [-0.05, 0) is 17.9 Å². The van der Waals surface area contributed by atoms with Crippen LogP contribution in [0.2, 0.25) is 0 Å². The van der Waals surface area contributed by atoms with Crippen molar-refractivity contribution in [3.63, 3.8) is 0 Å². The van der Waals surface area contributed by atoms with E-state index >= 15 is 0 Å². The summed E-state index contributed by atoms with van der Waals surface area (Å²) in [5.74, 6) is 0.0262. The average molecular weight is 281 g/mol. The van der Waals surface area contributed by atoms with E-state index in [9.17, 15) is 4.79 Å². The Morgan fingerprint density at radius 2 is 2.39 bits per heavy atom. The Balaban J connectivity index is 2.15. The second-order valence-corrected chi connectivity index (χ2v) is 5.89. The highest BCUT2D eigenvalue weighted by Crippen LogP contribution is 2.32. The summed E-state index contributed by atoms with van der Waals surface area (Å²) >= 11 is 2.99. The van der Waals surface area contributed by atoms with Crippen LogP contribution in [-0.4, -0.2) is 17.4 Å². The van der Waals surface area contributed by atoms with Gasteiger partial charge in [-0.1, -0.05) is 13.0 Å². The molecule has 0 atom stereocenters. The molecule has 0 saturated carbocycles. The lowest BCUT2D eigenvalue weighted by Gasteiger charge is -2.02. The van der Waals surface area contributed by atoms with Crippen molar-refractivity contribution in [2.45, 2.75) is 19.8 Å². The standard InChI is InChI=1S/C12H15N3OS2/c1-2-5-14-10(16)7-9-11(15-12(13)18-9)8-4-3-6-17-8/h3-4,6H,2,5,7H2,1H3,(H2,13,15)(H,14,16). The predicted octanol–water partition coefficient (Wildman–Crippen LogP) is 2.52. The van der Waals surface area contributed by atoms with Gasteiger partial charge in [-0.2, -0.15) is 0 Å². The molecule has 0 aliphatic carbocycles. The van der Waals surface area contributed by atoms with Crippen LogP contribution in [0.15, 0.2) is 17.5 Å². The van der Waals surface area contributed by atoms with Gasteiger partial charge in [0.15, 0.2) is 5.13 Å². The van der Waals surface area contributed by atoms with E-state index in [0.29, 0.717) is 18.1 Å². The molecule has 96 valence electrons. The maximum Gasteiger partial charge on any atom is 0.225 e. The minimum Gasteiger partial charge on any atom is -0.375 e. The van der Waals surface area contributed by atoms with E-state index in [1.807, 2.05) is 24.4 Å². The van der Waals surface area contributed by atoms with E-state index in [4.69, 9.17) is 5.73 Å². The first-order valence-electron chi connectivity index (χ1n) is 5.76. The highest BCUT2D eigenvalue weighted by atomic mass is 32.1.